The molecule has 1 aliphatic carbocycles. The third kappa shape index (κ3) is 2.27. The van der Waals surface area contributed by atoms with E-state index in [9.17, 15) is 23.1 Å². The minimum atomic E-state index is -4.61. The van der Waals surface area contributed by atoms with Crippen molar-refractivity contribution >= 4 is 17.6 Å². The molecule has 1 rings (SSSR count). The van der Waals surface area contributed by atoms with Crippen LogP contribution in [0.1, 0.15) is 13.8 Å². The monoisotopic (exact) mass is 241 g/mol. The molecule has 0 amide bonds. The standard InChI is InChI=1S/C9H10ClF3O2/c1-8(2)4(6(8)7(14)15)3-5(10)9(11,12)13/h3-4,6H,1-2H3,(H,14,15)/p-1/t4-,6+/m1/s1. The van der Waals surface area contributed by atoms with Crippen molar-refractivity contribution in [3.8, 4) is 0 Å². The van der Waals surface area contributed by atoms with Crippen LogP contribution in [0.5, 0.6) is 0 Å². The second kappa shape index (κ2) is 3.40. The third-order valence-corrected chi connectivity index (χ3v) is 3.10. The Morgan fingerprint density at radius 1 is 1.47 bits per heavy atom. The van der Waals surface area contributed by atoms with Gasteiger partial charge < -0.3 is 9.90 Å². The Hall–Kier alpha value is -0.710. The van der Waals surface area contributed by atoms with Crippen LogP contribution in [-0.4, -0.2) is 12.1 Å². The molecule has 1 saturated carbocycles. The molecule has 1 fully saturated rings. The molecular weight excluding hydrogens is 233 g/mol. The van der Waals surface area contributed by atoms with E-state index in [1.54, 1.807) is 13.8 Å². The van der Waals surface area contributed by atoms with Gasteiger partial charge in [0.2, 0.25) is 0 Å². The number of alkyl halides is 3. The molecule has 6 heteroatoms. The lowest BCUT2D eigenvalue weighted by molar-refractivity contribution is -0.309. The summed E-state index contributed by atoms with van der Waals surface area (Å²) in [6.07, 6.45) is -3.86. The zero-order chi connectivity index (χ0) is 12.0. The smallest absolute Gasteiger partial charge is 0.426 e. The van der Waals surface area contributed by atoms with Crippen molar-refractivity contribution in [2.24, 2.45) is 17.3 Å². The molecule has 86 valence electrons. The van der Waals surface area contributed by atoms with Crippen LogP contribution in [0, 0.1) is 17.3 Å². The highest BCUT2D eigenvalue weighted by molar-refractivity contribution is 6.30. The van der Waals surface area contributed by atoms with Gasteiger partial charge >= 0.3 is 6.18 Å². The number of hydrogen-bond acceptors (Lipinski definition) is 2. The fraction of sp³-hybridized carbons (Fsp3) is 0.667. The zero-order valence-corrected chi connectivity index (χ0v) is 8.82. The summed E-state index contributed by atoms with van der Waals surface area (Å²) in [5.41, 5.74) is -0.718. The molecule has 2 atom stereocenters. The van der Waals surface area contributed by atoms with Crippen LogP contribution in [0.2, 0.25) is 0 Å². The Morgan fingerprint density at radius 3 is 2.20 bits per heavy atom. The van der Waals surface area contributed by atoms with E-state index in [1.165, 1.54) is 0 Å². The summed E-state index contributed by atoms with van der Waals surface area (Å²) in [5.74, 6) is -2.95. The van der Waals surface area contributed by atoms with E-state index in [0.29, 0.717) is 0 Å². The largest absolute Gasteiger partial charge is 0.550 e. The van der Waals surface area contributed by atoms with E-state index < -0.39 is 34.4 Å². The van der Waals surface area contributed by atoms with Gasteiger partial charge in [-0.05, 0) is 11.3 Å². The molecule has 15 heavy (non-hydrogen) atoms. The maximum absolute atomic E-state index is 12.1. The summed E-state index contributed by atoms with van der Waals surface area (Å²) in [4.78, 5) is 10.6. The van der Waals surface area contributed by atoms with Gasteiger partial charge in [-0.3, -0.25) is 0 Å². The maximum Gasteiger partial charge on any atom is 0.426 e. The van der Waals surface area contributed by atoms with E-state index in [0.717, 1.165) is 6.08 Å². The van der Waals surface area contributed by atoms with Gasteiger partial charge in [-0.15, -0.1) is 0 Å². The minimum Gasteiger partial charge on any atom is -0.550 e. The maximum atomic E-state index is 12.1. The number of carboxylic acids is 1. The first-order valence-corrected chi connectivity index (χ1v) is 4.61. The van der Waals surface area contributed by atoms with Crippen molar-refractivity contribution in [3.63, 3.8) is 0 Å². The van der Waals surface area contributed by atoms with Crippen LogP contribution in [0.15, 0.2) is 11.1 Å². The molecule has 2 nitrogen and oxygen atoms in total. The van der Waals surface area contributed by atoms with Crippen LogP contribution in [0.25, 0.3) is 0 Å². The normalized spacial score (nSPS) is 30.1. The molecule has 0 aromatic carbocycles. The zero-order valence-electron chi connectivity index (χ0n) is 8.06. The lowest BCUT2D eigenvalue weighted by atomic mass is 10.1. The number of allylic oxidation sites excluding steroid dienone is 2. The number of aliphatic carboxylic acids is 1. The van der Waals surface area contributed by atoms with E-state index in [-0.39, 0.29) is 0 Å². The molecule has 1 aliphatic rings. The lowest BCUT2D eigenvalue weighted by Crippen LogP contribution is -2.26. The van der Waals surface area contributed by atoms with E-state index in [2.05, 4.69) is 0 Å². The average molecular weight is 242 g/mol. The van der Waals surface area contributed by atoms with Crippen LogP contribution in [0.3, 0.4) is 0 Å². The quantitative estimate of drug-likeness (QED) is 0.738. The molecular formula is C9H9ClF3O2-. The van der Waals surface area contributed by atoms with Crippen LogP contribution in [-0.2, 0) is 4.79 Å². The summed E-state index contributed by atoms with van der Waals surface area (Å²) < 4.78 is 36.2. The molecule has 0 aromatic heterocycles. The van der Waals surface area contributed by atoms with Crippen molar-refractivity contribution in [2.45, 2.75) is 20.0 Å². The van der Waals surface area contributed by atoms with Gasteiger partial charge in [-0.1, -0.05) is 31.5 Å². The number of hydrogen-bond donors (Lipinski definition) is 0. The fourth-order valence-corrected chi connectivity index (χ4v) is 1.83. The number of carbonyl (C=O) groups is 1. The minimum absolute atomic E-state index is 0.711. The molecule has 0 heterocycles. The molecule has 0 bridgehead atoms. The van der Waals surface area contributed by atoms with Crippen molar-refractivity contribution in [2.75, 3.05) is 0 Å². The first-order chi connectivity index (χ1) is 6.58. The van der Waals surface area contributed by atoms with Gasteiger partial charge in [0.1, 0.15) is 5.03 Å². The Balaban J connectivity index is 2.83. The second-order valence-corrected chi connectivity index (χ2v) is 4.56. The van der Waals surface area contributed by atoms with Crippen LogP contribution < -0.4 is 5.11 Å². The molecule has 0 aromatic rings. The molecule has 0 unspecified atom stereocenters. The summed E-state index contributed by atoms with van der Waals surface area (Å²) >= 11 is 5.01. The second-order valence-electron chi connectivity index (χ2n) is 4.16. The number of halogens is 4. The van der Waals surface area contributed by atoms with Gasteiger partial charge in [0.05, 0.1) is 0 Å². The first kappa shape index (κ1) is 12.4. The van der Waals surface area contributed by atoms with Crippen molar-refractivity contribution in [1.82, 2.24) is 0 Å². The fourth-order valence-electron chi connectivity index (χ4n) is 1.69. The molecule has 0 aliphatic heterocycles. The molecule has 0 radical (unpaired) electrons. The summed E-state index contributed by atoms with van der Waals surface area (Å²) in [6, 6.07) is 0. The number of carbonyl (C=O) groups excluding carboxylic acids is 1. The predicted molar refractivity (Wildman–Crippen MR) is 45.8 cm³/mol. The Labute approximate surface area is 89.7 Å². The van der Waals surface area contributed by atoms with Crippen LogP contribution in [0.4, 0.5) is 13.2 Å². The highest BCUT2D eigenvalue weighted by Gasteiger charge is 2.58. The van der Waals surface area contributed by atoms with Gasteiger partial charge in [-0.25, -0.2) is 0 Å². The van der Waals surface area contributed by atoms with E-state index >= 15 is 0 Å². The Kier molecular flexibility index (Phi) is 2.80. The van der Waals surface area contributed by atoms with Gasteiger partial charge in [0, 0.05) is 11.9 Å². The lowest BCUT2D eigenvalue weighted by Gasteiger charge is -2.04. The summed E-state index contributed by atoms with van der Waals surface area (Å²) in [7, 11) is 0. The van der Waals surface area contributed by atoms with Crippen molar-refractivity contribution < 1.29 is 23.1 Å². The average Bonchev–Trinajstić information content (AvgIpc) is 2.50. The van der Waals surface area contributed by atoms with E-state index in [4.69, 9.17) is 11.6 Å². The van der Waals surface area contributed by atoms with E-state index in [1.807, 2.05) is 0 Å². The topological polar surface area (TPSA) is 40.1 Å². The van der Waals surface area contributed by atoms with Crippen LogP contribution >= 0.6 is 11.6 Å². The highest BCUT2D eigenvalue weighted by Crippen LogP contribution is 2.59. The van der Waals surface area contributed by atoms with Gasteiger partial charge in [0.25, 0.3) is 0 Å². The Morgan fingerprint density at radius 2 is 1.93 bits per heavy atom. The summed E-state index contributed by atoms with van der Waals surface area (Å²) in [6.45, 7) is 3.13. The third-order valence-electron chi connectivity index (χ3n) is 2.76. The highest BCUT2D eigenvalue weighted by atomic mass is 35.5. The van der Waals surface area contributed by atoms with Gasteiger partial charge in [-0.2, -0.15) is 13.2 Å². The summed E-state index contributed by atoms with van der Waals surface area (Å²) in [5, 5.41) is 9.28. The first-order valence-electron chi connectivity index (χ1n) is 4.24. The molecule has 0 N–H and O–H groups in total. The van der Waals surface area contributed by atoms with Crippen molar-refractivity contribution in [3.05, 3.63) is 11.1 Å². The Bertz CT molecular complexity index is 320. The van der Waals surface area contributed by atoms with Gasteiger partial charge in [0.15, 0.2) is 0 Å². The van der Waals surface area contributed by atoms with Crippen molar-refractivity contribution in [1.29, 1.82) is 0 Å². The number of carboxylic acid groups (broad SMARTS) is 1. The molecule has 0 saturated heterocycles. The number of rotatable bonds is 2. The predicted octanol–water partition coefficient (Wildman–Crippen LogP) is 1.69. The molecule has 0 spiro atoms. The SMILES string of the molecule is CC1(C)[C@H](C=C(Cl)C(F)(F)F)[C@H]1C(=O)[O-].